The summed E-state index contributed by atoms with van der Waals surface area (Å²) in [6, 6.07) is 5.75. The summed E-state index contributed by atoms with van der Waals surface area (Å²) in [6.07, 6.45) is 3.28. The summed E-state index contributed by atoms with van der Waals surface area (Å²) in [6.45, 7) is 1.94. The molecule has 0 bridgehead atoms. The summed E-state index contributed by atoms with van der Waals surface area (Å²) in [4.78, 5) is 15.9. The number of hydrogen-bond donors (Lipinski definition) is 1. The monoisotopic (exact) mass is 293 g/mol. The van der Waals surface area contributed by atoms with E-state index in [-0.39, 0.29) is 5.91 Å². The van der Waals surface area contributed by atoms with Gasteiger partial charge in [-0.25, -0.2) is 4.98 Å². The first-order chi connectivity index (χ1) is 8.06. The molecule has 0 aliphatic heterocycles. The van der Waals surface area contributed by atoms with Gasteiger partial charge in [0.2, 0.25) is 0 Å². The number of halogens is 1. The van der Waals surface area contributed by atoms with Crippen LogP contribution in [-0.4, -0.2) is 15.5 Å². The first-order valence-corrected chi connectivity index (χ1v) is 5.91. The van der Waals surface area contributed by atoms with E-state index in [4.69, 9.17) is 0 Å². The van der Waals surface area contributed by atoms with Gasteiger partial charge in [-0.15, -0.1) is 0 Å². The van der Waals surface area contributed by atoms with Gasteiger partial charge in [-0.05, 0) is 24.6 Å². The minimum Gasteiger partial charge on any atom is -0.340 e. The number of rotatable bonds is 2. The third-order valence-electron chi connectivity index (χ3n) is 2.39. The van der Waals surface area contributed by atoms with Gasteiger partial charge in [0.1, 0.15) is 5.69 Å². The van der Waals surface area contributed by atoms with Crippen LogP contribution in [0.3, 0.4) is 0 Å². The van der Waals surface area contributed by atoms with Crippen molar-refractivity contribution in [3.63, 3.8) is 0 Å². The number of amides is 1. The van der Waals surface area contributed by atoms with Crippen molar-refractivity contribution in [1.29, 1.82) is 0 Å². The summed E-state index contributed by atoms with van der Waals surface area (Å²) in [5.74, 6) is -0.202. The molecule has 5 heteroatoms. The second kappa shape index (κ2) is 4.71. The van der Waals surface area contributed by atoms with Gasteiger partial charge in [-0.2, -0.15) is 0 Å². The Hall–Kier alpha value is -1.62. The highest BCUT2D eigenvalue weighted by molar-refractivity contribution is 9.10. The maximum atomic E-state index is 11.9. The van der Waals surface area contributed by atoms with Crippen LogP contribution in [0.5, 0.6) is 0 Å². The molecule has 4 nitrogen and oxygen atoms in total. The molecule has 0 fully saturated rings. The zero-order valence-corrected chi connectivity index (χ0v) is 11.2. The molecule has 0 aliphatic rings. The molecule has 88 valence electrons. The number of nitrogens with zero attached hydrogens (tertiary/aromatic N) is 2. The third kappa shape index (κ3) is 2.74. The molecule has 0 spiro atoms. The second-order valence-corrected chi connectivity index (χ2v) is 4.75. The fourth-order valence-electron chi connectivity index (χ4n) is 1.45. The number of carbonyl (C=O) groups excluding carboxylic acids is 1. The average molecular weight is 294 g/mol. The molecule has 2 rings (SSSR count). The summed E-state index contributed by atoms with van der Waals surface area (Å²) < 4.78 is 2.67. The van der Waals surface area contributed by atoms with Crippen LogP contribution < -0.4 is 5.32 Å². The summed E-state index contributed by atoms with van der Waals surface area (Å²) in [5.41, 5.74) is 2.21. The highest BCUT2D eigenvalue weighted by Crippen LogP contribution is 2.21. The van der Waals surface area contributed by atoms with Crippen LogP contribution in [-0.2, 0) is 7.05 Å². The van der Waals surface area contributed by atoms with Crippen molar-refractivity contribution in [3.8, 4) is 0 Å². The quantitative estimate of drug-likeness (QED) is 0.925. The molecule has 1 heterocycles. The molecular weight excluding hydrogens is 282 g/mol. The maximum absolute atomic E-state index is 11.9. The van der Waals surface area contributed by atoms with Gasteiger partial charge < -0.3 is 9.88 Å². The van der Waals surface area contributed by atoms with Gasteiger partial charge >= 0.3 is 0 Å². The number of benzene rings is 1. The zero-order chi connectivity index (χ0) is 12.4. The second-order valence-electron chi connectivity index (χ2n) is 3.84. The highest BCUT2D eigenvalue weighted by Gasteiger charge is 2.10. The highest BCUT2D eigenvalue weighted by atomic mass is 79.9. The standard InChI is InChI=1S/C12H12BrN3O/c1-8-3-4-9(13)5-10(8)15-12(17)11-6-16(2)7-14-11/h3-7H,1-2H3,(H,15,17). The van der Waals surface area contributed by atoms with Crippen molar-refractivity contribution in [2.24, 2.45) is 7.05 Å². The van der Waals surface area contributed by atoms with Crippen molar-refractivity contribution < 1.29 is 4.79 Å². The van der Waals surface area contributed by atoms with E-state index in [1.54, 1.807) is 17.1 Å². The topological polar surface area (TPSA) is 46.9 Å². The van der Waals surface area contributed by atoms with Crippen LogP contribution in [0.4, 0.5) is 5.69 Å². The molecular formula is C12H12BrN3O. The van der Waals surface area contributed by atoms with E-state index >= 15 is 0 Å². The van der Waals surface area contributed by atoms with Gasteiger partial charge in [0, 0.05) is 23.4 Å². The fraction of sp³-hybridized carbons (Fsp3) is 0.167. The van der Waals surface area contributed by atoms with E-state index in [1.807, 2.05) is 32.2 Å². The molecule has 0 radical (unpaired) electrons. The molecule has 0 aliphatic carbocycles. The zero-order valence-electron chi connectivity index (χ0n) is 9.57. The minimum atomic E-state index is -0.202. The van der Waals surface area contributed by atoms with Gasteiger partial charge in [0.15, 0.2) is 0 Å². The van der Waals surface area contributed by atoms with E-state index in [2.05, 4.69) is 26.2 Å². The first-order valence-electron chi connectivity index (χ1n) is 5.12. The SMILES string of the molecule is Cc1ccc(Br)cc1NC(=O)c1cn(C)cn1. The molecule has 0 saturated heterocycles. The lowest BCUT2D eigenvalue weighted by molar-refractivity contribution is 0.102. The number of anilines is 1. The van der Waals surface area contributed by atoms with Crippen LogP contribution in [0.1, 0.15) is 16.1 Å². The number of aryl methyl sites for hydroxylation is 2. The number of imidazole rings is 1. The number of hydrogen-bond acceptors (Lipinski definition) is 2. The van der Waals surface area contributed by atoms with Gasteiger partial charge in [0.05, 0.1) is 6.33 Å². The van der Waals surface area contributed by atoms with Crippen LogP contribution in [0.25, 0.3) is 0 Å². The van der Waals surface area contributed by atoms with Crippen molar-refractivity contribution >= 4 is 27.5 Å². The number of carbonyl (C=O) groups is 1. The van der Waals surface area contributed by atoms with Gasteiger partial charge in [-0.1, -0.05) is 22.0 Å². The molecule has 0 atom stereocenters. The van der Waals surface area contributed by atoms with E-state index in [1.165, 1.54) is 0 Å². The average Bonchev–Trinajstić information content (AvgIpc) is 2.70. The van der Waals surface area contributed by atoms with Crippen molar-refractivity contribution in [1.82, 2.24) is 9.55 Å². The minimum absolute atomic E-state index is 0.202. The molecule has 17 heavy (non-hydrogen) atoms. The molecule has 1 N–H and O–H groups in total. The van der Waals surface area contributed by atoms with E-state index < -0.39 is 0 Å². The fourth-order valence-corrected chi connectivity index (χ4v) is 1.81. The lowest BCUT2D eigenvalue weighted by atomic mass is 10.2. The van der Waals surface area contributed by atoms with Crippen LogP contribution in [0.15, 0.2) is 35.2 Å². The Morgan fingerprint density at radius 3 is 2.88 bits per heavy atom. The Kier molecular flexibility index (Phi) is 3.28. The summed E-state index contributed by atoms with van der Waals surface area (Å²) in [5, 5.41) is 2.84. The van der Waals surface area contributed by atoms with Gasteiger partial charge in [-0.3, -0.25) is 4.79 Å². The molecule has 1 aromatic heterocycles. The van der Waals surface area contributed by atoms with E-state index in [9.17, 15) is 4.79 Å². The molecule has 0 unspecified atom stereocenters. The van der Waals surface area contributed by atoms with Crippen LogP contribution >= 0.6 is 15.9 Å². The largest absolute Gasteiger partial charge is 0.340 e. The number of aromatic nitrogens is 2. The van der Waals surface area contributed by atoms with Crippen molar-refractivity contribution in [2.75, 3.05) is 5.32 Å². The number of nitrogens with one attached hydrogen (secondary N) is 1. The van der Waals surface area contributed by atoms with Gasteiger partial charge in [0.25, 0.3) is 5.91 Å². The smallest absolute Gasteiger partial charge is 0.275 e. The Balaban J connectivity index is 2.21. The lowest BCUT2D eigenvalue weighted by Gasteiger charge is -2.07. The van der Waals surface area contributed by atoms with E-state index in [0.717, 1.165) is 15.7 Å². The lowest BCUT2D eigenvalue weighted by Crippen LogP contribution is -2.13. The van der Waals surface area contributed by atoms with E-state index in [0.29, 0.717) is 5.69 Å². The Morgan fingerprint density at radius 2 is 2.24 bits per heavy atom. The Morgan fingerprint density at radius 1 is 1.47 bits per heavy atom. The molecule has 1 aromatic carbocycles. The molecule has 2 aromatic rings. The maximum Gasteiger partial charge on any atom is 0.275 e. The van der Waals surface area contributed by atoms with Crippen molar-refractivity contribution in [3.05, 3.63) is 46.5 Å². The summed E-state index contributed by atoms with van der Waals surface area (Å²) >= 11 is 3.38. The van der Waals surface area contributed by atoms with Crippen molar-refractivity contribution in [2.45, 2.75) is 6.92 Å². The molecule has 1 amide bonds. The Labute approximate surface area is 108 Å². The van der Waals surface area contributed by atoms with Crippen LogP contribution in [0, 0.1) is 6.92 Å². The van der Waals surface area contributed by atoms with Crippen LogP contribution in [0.2, 0.25) is 0 Å². The predicted molar refractivity (Wildman–Crippen MR) is 70.0 cm³/mol. The molecule has 0 saturated carbocycles. The Bertz CT molecular complexity index is 563. The third-order valence-corrected chi connectivity index (χ3v) is 2.88. The summed E-state index contributed by atoms with van der Waals surface area (Å²) in [7, 11) is 1.83. The predicted octanol–water partition coefficient (Wildman–Crippen LogP) is 2.74. The first kappa shape index (κ1) is 11.9. The normalized spacial score (nSPS) is 10.3.